The molecule has 6 nitrogen and oxygen atoms in total. The largest absolute Gasteiger partial charge is 0.465 e. The molecule has 480 valence electrons. The monoisotopic (exact) mass is 1260 g/mol. The van der Waals surface area contributed by atoms with Crippen LogP contribution in [0.3, 0.4) is 0 Å². The summed E-state index contributed by atoms with van der Waals surface area (Å²) in [5.74, 6) is -0.115. The minimum atomic E-state index is -0.433. The van der Waals surface area contributed by atoms with Crippen LogP contribution >= 0.6 is 0 Å². The van der Waals surface area contributed by atoms with Crippen molar-refractivity contribution in [3.63, 3.8) is 0 Å². The van der Waals surface area contributed by atoms with Crippen LogP contribution in [0.15, 0.2) is 279 Å². The molecule has 0 spiro atoms. The van der Waals surface area contributed by atoms with Crippen molar-refractivity contribution in [2.75, 3.05) is 6.61 Å². The summed E-state index contributed by atoms with van der Waals surface area (Å²) in [7, 11) is 0. The van der Waals surface area contributed by atoms with Crippen molar-refractivity contribution in [2.45, 2.75) is 99.3 Å². The maximum Gasteiger partial charge on any atom is 0.311 e. The number of nitrogens with zero attached hydrogens (tertiary/aromatic N) is 4. The van der Waals surface area contributed by atoms with Crippen molar-refractivity contribution in [3.05, 3.63) is 290 Å². The van der Waals surface area contributed by atoms with Crippen LogP contribution in [0.4, 0.5) is 0 Å². The van der Waals surface area contributed by atoms with E-state index in [9.17, 15) is 4.79 Å². The van der Waals surface area contributed by atoms with Gasteiger partial charge < -0.3 is 23.0 Å². The lowest BCUT2D eigenvalue weighted by atomic mass is 9.84. The van der Waals surface area contributed by atoms with Crippen LogP contribution < -0.4 is 0 Å². The van der Waals surface area contributed by atoms with Crippen LogP contribution in [0, 0.1) is 10.8 Å². The fourth-order valence-electron chi connectivity index (χ4n) is 14.6. The Labute approximate surface area is 569 Å². The molecule has 0 aliphatic rings. The molecule has 0 N–H and O–H groups in total. The summed E-state index contributed by atoms with van der Waals surface area (Å²) < 4.78 is 15.1. The van der Waals surface area contributed by atoms with Crippen molar-refractivity contribution in [1.82, 2.24) is 18.3 Å². The second-order valence-electron chi connectivity index (χ2n) is 27.9. The molecular formula is C91H84N4O2. The van der Waals surface area contributed by atoms with E-state index in [1.54, 1.807) is 0 Å². The van der Waals surface area contributed by atoms with Crippen LogP contribution in [0.25, 0.3) is 132 Å². The number of rotatable bonds is 19. The summed E-state index contributed by atoms with van der Waals surface area (Å²) in [4.78, 5) is 12.4. The van der Waals surface area contributed by atoms with Gasteiger partial charge in [0.25, 0.3) is 0 Å². The summed E-state index contributed by atoms with van der Waals surface area (Å²) in [5.41, 5.74) is 22.0. The molecule has 97 heavy (non-hydrogen) atoms. The predicted octanol–water partition coefficient (Wildman–Crippen LogP) is 24.5. The van der Waals surface area contributed by atoms with Crippen LogP contribution in [-0.4, -0.2) is 30.8 Å². The van der Waals surface area contributed by atoms with E-state index in [0.29, 0.717) is 12.0 Å². The molecule has 0 atom stereocenters. The van der Waals surface area contributed by atoms with E-state index in [1.165, 1.54) is 164 Å². The van der Waals surface area contributed by atoms with Crippen LogP contribution in [-0.2, 0) is 22.4 Å². The third kappa shape index (κ3) is 12.1. The van der Waals surface area contributed by atoms with Crippen molar-refractivity contribution in [2.24, 2.45) is 10.8 Å². The number of ether oxygens (including phenoxy) is 1. The van der Waals surface area contributed by atoms with Gasteiger partial charge in [-0.05, 0) is 200 Å². The van der Waals surface area contributed by atoms with E-state index in [-0.39, 0.29) is 5.97 Å². The molecular weight excluding hydrogens is 1180 g/mol. The molecule has 16 aromatic rings. The first-order chi connectivity index (χ1) is 47.4. The number of carbonyl (C=O) groups is 1. The maximum atomic E-state index is 12.4. The Bertz CT molecular complexity index is 5410. The maximum absolute atomic E-state index is 12.4. The van der Waals surface area contributed by atoms with Crippen molar-refractivity contribution in [3.8, 4) is 45.0 Å². The van der Waals surface area contributed by atoms with E-state index in [4.69, 9.17) is 4.74 Å². The Hall–Kier alpha value is -10.7. The number of para-hydroxylation sites is 6. The quantitative estimate of drug-likeness (QED) is 0.0598. The number of fused-ring (bicyclic) bond motifs is 12. The SMILES string of the molecule is CCC(C)(C)C(=O)OCCCc1ccc2c(c1)c1ccccc1n2-c1ccc(-c2ccc(-n3c4ccccc4c4ccccc43)cc2)cc1.CCC(C)(C)CCCCCc1ccc2c(c1)c1ccccc1n2-c1ccc(-c2ccc(-n3c4ccccc4c4ccccc43)cc2)cc1. The van der Waals surface area contributed by atoms with Crippen LogP contribution in [0.1, 0.15) is 97.6 Å². The van der Waals surface area contributed by atoms with E-state index >= 15 is 0 Å². The Balaban J connectivity index is 0.000000159. The fourth-order valence-corrected chi connectivity index (χ4v) is 14.6. The van der Waals surface area contributed by atoms with Gasteiger partial charge in [-0.25, -0.2) is 0 Å². The normalized spacial score (nSPS) is 12.1. The molecule has 0 radical (unpaired) electrons. The highest BCUT2D eigenvalue weighted by Crippen LogP contribution is 2.39. The summed E-state index contributed by atoms with van der Waals surface area (Å²) in [6.07, 6.45) is 10.0. The average Bonchev–Trinajstić information content (AvgIpc) is 1.62. The van der Waals surface area contributed by atoms with Gasteiger partial charge in [0.1, 0.15) is 0 Å². The van der Waals surface area contributed by atoms with E-state index in [1.807, 2.05) is 20.8 Å². The number of unbranched alkanes of at least 4 members (excludes halogenated alkanes) is 2. The zero-order valence-electron chi connectivity index (χ0n) is 56.7. The zero-order chi connectivity index (χ0) is 66.2. The van der Waals surface area contributed by atoms with Crippen LogP contribution in [0.5, 0.6) is 0 Å². The third-order valence-corrected chi connectivity index (χ3v) is 20.9. The van der Waals surface area contributed by atoms with Gasteiger partial charge in [0.05, 0.1) is 56.2 Å². The molecule has 0 aliphatic heterocycles. The van der Waals surface area contributed by atoms with E-state index in [2.05, 4.69) is 318 Å². The van der Waals surface area contributed by atoms with Gasteiger partial charge in [-0.15, -0.1) is 0 Å². The van der Waals surface area contributed by atoms with Gasteiger partial charge in [0, 0.05) is 65.8 Å². The van der Waals surface area contributed by atoms with E-state index in [0.717, 1.165) is 37.1 Å². The van der Waals surface area contributed by atoms with Crippen molar-refractivity contribution >= 4 is 93.2 Å². The second-order valence-corrected chi connectivity index (χ2v) is 27.9. The number of aryl methyl sites for hydroxylation is 2. The van der Waals surface area contributed by atoms with Crippen molar-refractivity contribution < 1.29 is 9.53 Å². The molecule has 0 fully saturated rings. The molecule has 0 bridgehead atoms. The molecule has 0 saturated carbocycles. The molecule has 0 amide bonds. The van der Waals surface area contributed by atoms with Gasteiger partial charge in [0.2, 0.25) is 0 Å². The highest BCUT2D eigenvalue weighted by Gasteiger charge is 2.27. The zero-order valence-corrected chi connectivity index (χ0v) is 56.7. The Morgan fingerprint density at radius 1 is 0.309 bits per heavy atom. The summed E-state index contributed by atoms with van der Waals surface area (Å²) in [5, 5.41) is 10.3. The lowest BCUT2D eigenvalue weighted by Crippen LogP contribution is -2.26. The summed E-state index contributed by atoms with van der Waals surface area (Å²) in [6.45, 7) is 13.5. The number of esters is 1. The molecule has 6 heteroatoms. The standard InChI is InChI=1S/C46H44N2.C45H40N2O2/c1-4-46(2,3)31-13-5-6-14-33-21-30-45-41(32-33)40-17-9-12-20-44(40)48(45)37-28-24-35(25-29-37)34-22-26-36(27-23-34)47-42-18-10-7-15-38(42)39-16-8-11-19-43(39)47;1-4-45(2,3)44(48)49-29-11-12-31-19-28-43-39(30-31)38-15-7-10-18-42(38)47(43)35-26-22-33(23-27-35)32-20-24-34(25-21-32)46-40-16-8-5-13-36(40)37-14-6-9-17-41(37)46/h7-12,15-30,32H,4-6,13-14,31H2,1-3H3;5-10,13-28,30H,4,11-12,29H2,1-3H3. The lowest BCUT2D eigenvalue weighted by molar-refractivity contribution is -0.154. The summed E-state index contributed by atoms with van der Waals surface area (Å²) in [6, 6.07) is 102. The first-order valence-corrected chi connectivity index (χ1v) is 35.0. The molecule has 0 unspecified atom stereocenters. The summed E-state index contributed by atoms with van der Waals surface area (Å²) >= 11 is 0. The smallest absolute Gasteiger partial charge is 0.311 e. The van der Waals surface area contributed by atoms with Gasteiger partial charge in [-0.1, -0.05) is 217 Å². The number of carbonyl (C=O) groups excluding carboxylic acids is 1. The number of hydrogen-bond donors (Lipinski definition) is 0. The molecule has 4 aromatic heterocycles. The van der Waals surface area contributed by atoms with Crippen LogP contribution in [0.2, 0.25) is 0 Å². The van der Waals surface area contributed by atoms with Gasteiger partial charge in [0.15, 0.2) is 0 Å². The molecule has 4 heterocycles. The number of aromatic nitrogens is 4. The Morgan fingerprint density at radius 3 is 0.907 bits per heavy atom. The Kier molecular flexibility index (Phi) is 17.0. The molecule has 16 rings (SSSR count). The average molecular weight is 1270 g/mol. The minimum absolute atomic E-state index is 0.115. The first kappa shape index (κ1) is 62.4. The highest BCUT2D eigenvalue weighted by molar-refractivity contribution is 6.12. The van der Waals surface area contributed by atoms with Gasteiger partial charge in [-0.2, -0.15) is 0 Å². The second kappa shape index (κ2) is 26.5. The Morgan fingerprint density at radius 2 is 0.598 bits per heavy atom. The predicted molar refractivity (Wildman–Crippen MR) is 411 cm³/mol. The first-order valence-electron chi connectivity index (χ1n) is 35.0. The third-order valence-electron chi connectivity index (χ3n) is 20.9. The van der Waals surface area contributed by atoms with E-state index < -0.39 is 5.41 Å². The topological polar surface area (TPSA) is 46.0 Å². The van der Waals surface area contributed by atoms with Crippen molar-refractivity contribution in [1.29, 1.82) is 0 Å². The molecule has 12 aromatic carbocycles. The minimum Gasteiger partial charge on any atom is -0.465 e. The fraction of sp³-hybridized carbons (Fsp3) is 0.198. The molecule has 0 aliphatic carbocycles. The highest BCUT2D eigenvalue weighted by atomic mass is 16.5. The lowest BCUT2D eigenvalue weighted by Gasteiger charge is -2.22. The number of benzene rings is 12. The van der Waals surface area contributed by atoms with Gasteiger partial charge >= 0.3 is 5.97 Å². The number of hydrogen-bond acceptors (Lipinski definition) is 2. The molecule has 0 saturated heterocycles. The van der Waals surface area contributed by atoms with Gasteiger partial charge in [-0.3, -0.25) is 4.79 Å².